The number of nitrogens with zero attached hydrogens (tertiary/aromatic N) is 2. The molecule has 0 unspecified atom stereocenters. The SMILES string of the molecule is C[Si](C)(C)C#Cc1c2nc(c(-c3ccccc3)c3ccc([nH]3)c(C(F)(F)C(F)(F)Cl)c3ccc([nH]3)c(-c3ccccc3)c3nc1C=C3)C=C2. The monoisotopic (exact) mass is 692 g/mol. The Balaban J connectivity index is 1.71. The molecule has 3 aromatic heterocycles. The maximum atomic E-state index is 15.8. The normalized spacial score (nSPS) is 13.0. The average molecular weight is 693 g/mol. The number of alkyl halides is 5. The van der Waals surface area contributed by atoms with Crippen LogP contribution in [0.4, 0.5) is 17.6 Å². The van der Waals surface area contributed by atoms with Gasteiger partial charge in [0.15, 0.2) is 0 Å². The van der Waals surface area contributed by atoms with Crippen LogP contribution < -0.4 is 0 Å². The fourth-order valence-electron chi connectivity index (χ4n) is 5.88. The molecule has 0 atom stereocenters. The minimum absolute atomic E-state index is 0.232. The van der Waals surface area contributed by atoms with Crippen LogP contribution in [0, 0.1) is 11.5 Å². The van der Waals surface area contributed by atoms with Crippen LogP contribution in [0.3, 0.4) is 0 Å². The van der Waals surface area contributed by atoms with E-state index in [1.165, 1.54) is 12.1 Å². The first-order valence-electron chi connectivity index (χ1n) is 15.6. The first-order chi connectivity index (χ1) is 23.3. The Morgan fingerprint density at radius 2 is 1.00 bits per heavy atom. The number of aromatic nitrogens is 4. The molecule has 49 heavy (non-hydrogen) atoms. The first-order valence-corrected chi connectivity index (χ1v) is 19.4. The molecule has 5 aromatic rings. The second kappa shape index (κ2) is 12.1. The van der Waals surface area contributed by atoms with Crippen LogP contribution in [0.25, 0.3) is 68.6 Å². The highest BCUT2D eigenvalue weighted by molar-refractivity contribution is 6.83. The fraction of sp³-hybridized carbons (Fsp3) is 0.128. The van der Waals surface area contributed by atoms with Crippen LogP contribution >= 0.6 is 11.6 Å². The first kappa shape index (κ1) is 32.4. The molecule has 7 rings (SSSR count). The number of halogens is 5. The van der Waals surface area contributed by atoms with E-state index >= 15 is 8.78 Å². The van der Waals surface area contributed by atoms with Gasteiger partial charge in [-0.05, 0) is 71.3 Å². The van der Waals surface area contributed by atoms with E-state index in [2.05, 4.69) is 41.1 Å². The molecule has 244 valence electrons. The third-order valence-corrected chi connectivity index (χ3v) is 9.22. The van der Waals surface area contributed by atoms with Gasteiger partial charge in [-0.3, -0.25) is 0 Å². The third kappa shape index (κ3) is 6.14. The van der Waals surface area contributed by atoms with Crippen molar-refractivity contribution in [2.24, 2.45) is 0 Å². The van der Waals surface area contributed by atoms with Gasteiger partial charge in [0.05, 0.1) is 44.9 Å². The minimum atomic E-state index is -4.90. The largest absolute Gasteiger partial charge is 0.388 e. The maximum absolute atomic E-state index is 15.8. The smallest absolute Gasteiger partial charge is 0.354 e. The van der Waals surface area contributed by atoms with Gasteiger partial charge >= 0.3 is 11.3 Å². The lowest BCUT2D eigenvalue weighted by Gasteiger charge is -2.21. The fourth-order valence-corrected chi connectivity index (χ4v) is 6.48. The summed E-state index contributed by atoms with van der Waals surface area (Å²) in [7, 11) is -1.83. The molecule has 0 fully saturated rings. The van der Waals surface area contributed by atoms with E-state index in [0.717, 1.165) is 11.1 Å². The van der Waals surface area contributed by atoms with E-state index in [1.807, 2.05) is 85.0 Å². The number of hydrogen-bond acceptors (Lipinski definition) is 2. The van der Waals surface area contributed by atoms with Crippen molar-refractivity contribution in [1.82, 2.24) is 19.9 Å². The maximum Gasteiger partial charge on any atom is 0.388 e. The number of aromatic amines is 2. The Hall–Kier alpha value is -5.17. The van der Waals surface area contributed by atoms with E-state index in [0.29, 0.717) is 50.5 Å². The Morgan fingerprint density at radius 3 is 1.41 bits per heavy atom. The molecule has 0 spiro atoms. The van der Waals surface area contributed by atoms with Crippen molar-refractivity contribution in [2.75, 3.05) is 0 Å². The molecule has 0 radical (unpaired) electrons. The Kier molecular flexibility index (Phi) is 7.97. The van der Waals surface area contributed by atoms with E-state index in [-0.39, 0.29) is 11.0 Å². The van der Waals surface area contributed by atoms with E-state index < -0.39 is 24.9 Å². The summed E-state index contributed by atoms with van der Waals surface area (Å²) in [5.74, 6) is -1.38. The van der Waals surface area contributed by atoms with Gasteiger partial charge in [-0.1, -0.05) is 86.2 Å². The van der Waals surface area contributed by atoms with Crippen molar-refractivity contribution in [2.45, 2.75) is 30.9 Å². The predicted molar refractivity (Wildman–Crippen MR) is 195 cm³/mol. The molecule has 4 nitrogen and oxygen atoms in total. The molecule has 0 saturated carbocycles. The molecular weight excluding hydrogens is 664 g/mol. The molecule has 5 heterocycles. The summed E-state index contributed by atoms with van der Waals surface area (Å²) in [6, 6.07) is 24.5. The lowest BCUT2D eigenvalue weighted by molar-refractivity contribution is -0.162. The van der Waals surface area contributed by atoms with Gasteiger partial charge in [0.1, 0.15) is 8.07 Å². The van der Waals surface area contributed by atoms with Crippen molar-refractivity contribution in [3.63, 3.8) is 0 Å². The van der Waals surface area contributed by atoms with Gasteiger partial charge in [-0.25, -0.2) is 9.97 Å². The highest BCUT2D eigenvalue weighted by atomic mass is 35.5. The molecular formula is C39H29ClF4N4Si. The van der Waals surface area contributed by atoms with Crippen LogP contribution in [0.5, 0.6) is 0 Å². The van der Waals surface area contributed by atoms with Gasteiger partial charge < -0.3 is 9.97 Å². The van der Waals surface area contributed by atoms with Gasteiger partial charge in [0.25, 0.3) is 0 Å². The number of hydrogen-bond donors (Lipinski definition) is 2. The zero-order valence-electron chi connectivity index (χ0n) is 26.7. The average Bonchev–Trinajstić information content (AvgIpc) is 3.88. The van der Waals surface area contributed by atoms with E-state index in [1.54, 1.807) is 12.1 Å². The Morgan fingerprint density at radius 1 is 0.592 bits per heavy atom. The molecule has 0 saturated heterocycles. The summed E-state index contributed by atoms with van der Waals surface area (Å²) in [4.78, 5) is 16.1. The van der Waals surface area contributed by atoms with Crippen molar-refractivity contribution < 1.29 is 17.6 Å². The zero-order valence-corrected chi connectivity index (χ0v) is 28.4. The predicted octanol–water partition coefficient (Wildman–Crippen LogP) is 11.1. The van der Waals surface area contributed by atoms with E-state index in [9.17, 15) is 8.78 Å². The van der Waals surface area contributed by atoms with Gasteiger partial charge in [-0.15, -0.1) is 5.54 Å². The third-order valence-electron chi connectivity index (χ3n) is 8.11. The molecule has 10 heteroatoms. The van der Waals surface area contributed by atoms with Crippen LogP contribution in [0.2, 0.25) is 19.6 Å². The molecule has 2 aliphatic heterocycles. The van der Waals surface area contributed by atoms with Crippen LogP contribution in [0.1, 0.15) is 33.9 Å². The second-order valence-corrected chi connectivity index (χ2v) is 18.0. The van der Waals surface area contributed by atoms with Crippen molar-refractivity contribution in [1.29, 1.82) is 0 Å². The molecule has 8 bridgehead atoms. The topological polar surface area (TPSA) is 57.4 Å². The van der Waals surface area contributed by atoms with Gasteiger partial charge in [-0.2, -0.15) is 17.6 Å². The molecule has 2 aromatic carbocycles. The number of fused-ring (bicyclic) bond motifs is 8. The lowest BCUT2D eigenvalue weighted by Crippen LogP contribution is -2.33. The molecule has 2 aliphatic rings. The van der Waals surface area contributed by atoms with Gasteiger partial charge in [0.2, 0.25) is 0 Å². The number of benzene rings is 2. The Labute approximate surface area is 286 Å². The zero-order chi connectivity index (χ0) is 34.6. The summed E-state index contributed by atoms with van der Waals surface area (Å²) in [5, 5.41) is -4.90. The second-order valence-electron chi connectivity index (χ2n) is 12.8. The van der Waals surface area contributed by atoms with Crippen molar-refractivity contribution in [3.05, 3.63) is 119 Å². The van der Waals surface area contributed by atoms with Crippen LogP contribution in [-0.2, 0) is 5.92 Å². The quantitative estimate of drug-likeness (QED) is 0.0835. The summed E-state index contributed by atoms with van der Waals surface area (Å²) >= 11 is 5.13. The molecule has 2 N–H and O–H groups in total. The van der Waals surface area contributed by atoms with Gasteiger partial charge in [0, 0.05) is 22.2 Å². The summed E-state index contributed by atoms with van der Waals surface area (Å²) in [6.07, 6.45) is 7.39. The van der Waals surface area contributed by atoms with Crippen molar-refractivity contribution in [3.8, 4) is 33.7 Å². The molecule has 0 aliphatic carbocycles. The van der Waals surface area contributed by atoms with Crippen molar-refractivity contribution >= 4 is 66.0 Å². The summed E-state index contributed by atoms with van der Waals surface area (Å²) in [5.41, 5.74) is 8.40. The van der Waals surface area contributed by atoms with E-state index in [4.69, 9.17) is 21.6 Å². The highest BCUT2D eigenvalue weighted by Gasteiger charge is 2.57. The standard InChI is InChI=1S/C39H29ClF4N4Si/c1-49(2,3)23-22-26-27-14-16-29(45-27)35(24-10-6-4-7-11-24)31-18-20-33(47-31)37(38(41,42)39(40,43)44)34-21-19-32(48-34)36(25-12-8-5-9-13-25)30-17-15-28(26)46-30/h4-21,47-48H,1-3H3. The molecule has 0 amide bonds. The lowest BCUT2D eigenvalue weighted by atomic mass is 10.0. The number of rotatable bonds is 4. The number of nitrogens with one attached hydrogen (secondary N) is 2. The summed E-state index contributed by atoms with van der Waals surface area (Å²) < 4.78 is 60.8. The van der Waals surface area contributed by atoms with Crippen LogP contribution in [-0.4, -0.2) is 33.4 Å². The minimum Gasteiger partial charge on any atom is -0.354 e. The number of H-pyrrole nitrogens is 2. The van der Waals surface area contributed by atoms with Crippen LogP contribution in [0.15, 0.2) is 84.9 Å². The highest BCUT2D eigenvalue weighted by Crippen LogP contribution is 2.48. The Bertz CT molecular complexity index is 2250. The summed E-state index contributed by atoms with van der Waals surface area (Å²) in [6.45, 7) is 6.48.